The number of aliphatic hydroxyl groups is 4. The average molecular weight is 382 g/mol. The molecule has 1 aromatic carbocycles. The number of hydrogen-bond donors (Lipinski definition) is 5. The average Bonchev–Trinajstić information content (AvgIpc) is 2.63. The second kappa shape index (κ2) is 9.27. The van der Waals surface area contributed by atoms with Crippen LogP contribution in [0.3, 0.4) is 0 Å². The number of aromatic hydroxyl groups is 1. The van der Waals surface area contributed by atoms with Gasteiger partial charge in [0.15, 0.2) is 5.78 Å². The van der Waals surface area contributed by atoms with Crippen molar-refractivity contribution < 1.29 is 39.9 Å². The van der Waals surface area contributed by atoms with E-state index < -0.39 is 48.5 Å². The predicted molar refractivity (Wildman–Crippen MR) is 94.0 cm³/mol. The lowest BCUT2D eigenvalue weighted by Gasteiger charge is -2.22. The molecule has 2 rings (SSSR count). The minimum Gasteiger partial charge on any atom is -0.507 e. The van der Waals surface area contributed by atoms with E-state index in [2.05, 4.69) is 0 Å². The third-order valence-electron chi connectivity index (χ3n) is 4.73. The van der Waals surface area contributed by atoms with Gasteiger partial charge in [-0.15, -0.1) is 0 Å². The molecule has 0 saturated heterocycles. The summed E-state index contributed by atoms with van der Waals surface area (Å²) in [4.78, 5) is 24.5. The Kier molecular flexibility index (Phi) is 7.32. The lowest BCUT2D eigenvalue weighted by atomic mass is 9.93. The SMILES string of the molecule is C[C@H]1CCCC(=O)[C@@H](O)[C@@H](O)CC[C@H](O)c2cc(CO)cc(O)c2C(=O)O1. The first-order valence-electron chi connectivity index (χ1n) is 8.99. The molecule has 1 aliphatic heterocycles. The van der Waals surface area contributed by atoms with Crippen molar-refractivity contribution in [2.45, 2.75) is 70.1 Å². The Hall–Kier alpha value is -2.00. The molecule has 0 aliphatic carbocycles. The van der Waals surface area contributed by atoms with E-state index in [9.17, 15) is 35.1 Å². The van der Waals surface area contributed by atoms with E-state index in [1.807, 2.05) is 0 Å². The van der Waals surface area contributed by atoms with E-state index in [1.54, 1.807) is 6.92 Å². The number of esters is 1. The number of phenolic OH excluding ortho intramolecular Hbond substituents is 1. The number of ketones is 1. The molecule has 0 radical (unpaired) electrons. The summed E-state index contributed by atoms with van der Waals surface area (Å²) in [5.74, 6) is -1.74. The van der Waals surface area contributed by atoms with E-state index in [4.69, 9.17) is 4.74 Å². The minimum absolute atomic E-state index is 0.0321. The summed E-state index contributed by atoms with van der Waals surface area (Å²) in [7, 11) is 0. The van der Waals surface area contributed by atoms with Crippen molar-refractivity contribution in [1.82, 2.24) is 0 Å². The zero-order valence-corrected chi connectivity index (χ0v) is 15.2. The van der Waals surface area contributed by atoms with Crippen molar-refractivity contribution in [3.8, 4) is 5.75 Å². The molecule has 0 unspecified atom stereocenters. The van der Waals surface area contributed by atoms with E-state index in [0.717, 1.165) is 0 Å². The summed E-state index contributed by atoms with van der Waals surface area (Å²) in [6.45, 7) is 1.23. The van der Waals surface area contributed by atoms with Crippen molar-refractivity contribution >= 4 is 11.8 Å². The van der Waals surface area contributed by atoms with E-state index in [-0.39, 0.29) is 30.4 Å². The van der Waals surface area contributed by atoms with Gasteiger partial charge in [0.25, 0.3) is 0 Å². The van der Waals surface area contributed by atoms with Gasteiger partial charge in [-0.25, -0.2) is 4.79 Å². The highest BCUT2D eigenvalue weighted by atomic mass is 16.5. The molecular formula is C19H26O8. The Labute approximate surface area is 157 Å². The maximum atomic E-state index is 12.5. The van der Waals surface area contributed by atoms with Gasteiger partial charge in [-0.2, -0.15) is 0 Å². The molecule has 0 amide bonds. The number of aliphatic hydroxyl groups excluding tert-OH is 4. The largest absolute Gasteiger partial charge is 0.507 e. The molecule has 0 spiro atoms. The molecule has 1 aromatic rings. The molecule has 0 saturated carbocycles. The summed E-state index contributed by atoms with van der Waals surface area (Å²) >= 11 is 0. The monoisotopic (exact) mass is 382 g/mol. The smallest absolute Gasteiger partial charge is 0.342 e. The van der Waals surface area contributed by atoms with Crippen LogP contribution in [0.1, 0.15) is 66.6 Å². The Bertz CT molecular complexity index is 687. The van der Waals surface area contributed by atoms with Crippen molar-refractivity contribution in [3.05, 3.63) is 28.8 Å². The molecule has 27 heavy (non-hydrogen) atoms. The number of phenols is 1. The van der Waals surface area contributed by atoms with Crippen molar-refractivity contribution in [1.29, 1.82) is 0 Å². The lowest BCUT2D eigenvalue weighted by molar-refractivity contribution is -0.133. The topological polar surface area (TPSA) is 145 Å². The molecule has 150 valence electrons. The molecule has 1 aliphatic rings. The van der Waals surface area contributed by atoms with Gasteiger partial charge in [-0.3, -0.25) is 4.79 Å². The molecule has 1 heterocycles. The molecule has 8 nitrogen and oxygen atoms in total. The van der Waals surface area contributed by atoms with Crippen molar-refractivity contribution in [3.63, 3.8) is 0 Å². The molecule has 4 atom stereocenters. The minimum atomic E-state index is -1.55. The van der Waals surface area contributed by atoms with Gasteiger partial charge in [0.2, 0.25) is 0 Å². The summed E-state index contributed by atoms with van der Waals surface area (Å²) in [5, 5.41) is 50.0. The normalized spacial score (nSPS) is 28.2. The zero-order chi connectivity index (χ0) is 20.1. The first-order chi connectivity index (χ1) is 12.7. The Morgan fingerprint density at radius 2 is 1.81 bits per heavy atom. The fraction of sp³-hybridized carbons (Fsp3) is 0.579. The number of cyclic esters (lactones) is 1. The first-order valence-corrected chi connectivity index (χ1v) is 8.99. The number of carbonyl (C=O) groups is 2. The van der Waals surface area contributed by atoms with Gasteiger partial charge in [-0.05, 0) is 55.9 Å². The number of fused-ring (bicyclic) bond motifs is 1. The van der Waals surface area contributed by atoms with Gasteiger partial charge >= 0.3 is 5.97 Å². The van der Waals surface area contributed by atoms with Crippen LogP contribution in [0.4, 0.5) is 0 Å². The van der Waals surface area contributed by atoms with Crippen LogP contribution in [0.2, 0.25) is 0 Å². The van der Waals surface area contributed by atoms with Gasteiger partial charge in [0.1, 0.15) is 17.4 Å². The number of Topliss-reactive ketones (excluding diaryl/α,β-unsaturated/α-hetero) is 1. The molecule has 0 fully saturated rings. The lowest BCUT2D eigenvalue weighted by Crippen LogP contribution is -2.34. The number of ether oxygens (including phenoxy) is 1. The van der Waals surface area contributed by atoms with Crippen molar-refractivity contribution in [2.75, 3.05) is 0 Å². The quantitative estimate of drug-likeness (QED) is 0.447. The number of rotatable bonds is 1. The highest BCUT2D eigenvalue weighted by Crippen LogP contribution is 2.32. The maximum Gasteiger partial charge on any atom is 0.342 e. The van der Waals surface area contributed by atoms with E-state index in [0.29, 0.717) is 18.4 Å². The van der Waals surface area contributed by atoms with Gasteiger partial charge in [0, 0.05) is 6.42 Å². The second-order valence-corrected chi connectivity index (χ2v) is 6.92. The van der Waals surface area contributed by atoms with Crippen LogP contribution in [0.25, 0.3) is 0 Å². The highest BCUT2D eigenvalue weighted by Gasteiger charge is 2.29. The Balaban J connectivity index is 2.40. The number of carbonyl (C=O) groups excluding carboxylic acids is 2. The van der Waals surface area contributed by atoms with Gasteiger partial charge in [0.05, 0.1) is 24.9 Å². The number of hydrogen-bond acceptors (Lipinski definition) is 8. The van der Waals surface area contributed by atoms with Gasteiger partial charge < -0.3 is 30.3 Å². The molecule has 8 heteroatoms. The first kappa shape index (κ1) is 21.3. The molecule has 0 aromatic heterocycles. The standard InChI is InChI=1S/C19H26O8/c1-10-3-2-4-14(22)18(25)15(23)6-5-13(21)12-7-11(9-20)8-16(24)17(12)19(26)27-10/h7-8,10,13,15,18,20-21,23-25H,2-6,9H2,1H3/t10-,13-,15-,18+/m0/s1. The van der Waals surface area contributed by atoms with Gasteiger partial charge in [-0.1, -0.05) is 0 Å². The summed E-state index contributed by atoms with van der Waals surface area (Å²) in [6.07, 6.45) is -4.15. The van der Waals surface area contributed by atoms with Crippen LogP contribution in [0, 0.1) is 0 Å². The van der Waals surface area contributed by atoms with Crippen LogP contribution < -0.4 is 0 Å². The van der Waals surface area contributed by atoms with E-state index in [1.165, 1.54) is 12.1 Å². The molecule has 5 N–H and O–H groups in total. The van der Waals surface area contributed by atoms with Crippen molar-refractivity contribution in [2.24, 2.45) is 0 Å². The third kappa shape index (κ3) is 5.26. The fourth-order valence-corrected chi connectivity index (χ4v) is 3.15. The Morgan fingerprint density at radius 1 is 1.11 bits per heavy atom. The summed E-state index contributed by atoms with van der Waals surface area (Å²) < 4.78 is 5.31. The second-order valence-electron chi connectivity index (χ2n) is 6.92. The molecule has 0 bridgehead atoms. The summed E-state index contributed by atoms with van der Waals surface area (Å²) in [5.41, 5.74) is 0.152. The summed E-state index contributed by atoms with van der Waals surface area (Å²) in [6, 6.07) is 2.60. The highest BCUT2D eigenvalue weighted by molar-refractivity contribution is 5.94. The zero-order valence-electron chi connectivity index (χ0n) is 15.2. The van der Waals surface area contributed by atoms with Crippen LogP contribution in [0.5, 0.6) is 5.75 Å². The Morgan fingerprint density at radius 3 is 2.48 bits per heavy atom. The number of benzene rings is 1. The maximum absolute atomic E-state index is 12.5. The van der Waals surface area contributed by atoms with Crippen LogP contribution in [-0.4, -0.2) is 55.6 Å². The predicted octanol–water partition coefficient (Wildman–Crippen LogP) is 0.718. The molecular weight excluding hydrogens is 356 g/mol. The van der Waals surface area contributed by atoms with Crippen LogP contribution in [-0.2, 0) is 16.1 Å². The van der Waals surface area contributed by atoms with E-state index >= 15 is 0 Å². The third-order valence-corrected chi connectivity index (χ3v) is 4.73. The van der Waals surface area contributed by atoms with Crippen LogP contribution in [0.15, 0.2) is 12.1 Å². The van der Waals surface area contributed by atoms with Crippen LogP contribution >= 0.6 is 0 Å². The fourth-order valence-electron chi connectivity index (χ4n) is 3.15.